The first kappa shape index (κ1) is 63.2. The zero-order valence-electron chi connectivity index (χ0n) is 43.4. The molecule has 3 aromatic rings. The van der Waals surface area contributed by atoms with Crippen LogP contribution in [0.25, 0.3) is 0 Å². The third-order valence-corrected chi connectivity index (χ3v) is 11.1. The predicted molar refractivity (Wildman–Crippen MR) is 274 cm³/mol. The van der Waals surface area contributed by atoms with E-state index in [2.05, 4.69) is 0 Å². The second-order valence-corrected chi connectivity index (χ2v) is 17.4. The van der Waals surface area contributed by atoms with Gasteiger partial charge in [0.1, 0.15) is 29.2 Å². The van der Waals surface area contributed by atoms with Gasteiger partial charge in [-0.3, -0.25) is 28.8 Å². The Labute approximate surface area is 445 Å². The molecule has 0 aliphatic carbocycles. The van der Waals surface area contributed by atoms with Gasteiger partial charge in [0.15, 0.2) is 24.4 Å². The highest BCUT2D eigenvalue weighted by molar-refractivity contribution is 5.92. The van der Waals surface area contributed by atoms with Crippen molar-refractivity contribution in [2.24, 2.45) is 0 Å². The van der Waals surface area contributed by atoms with E-state index in [4.69, 9.17) is 52.1 Å². The Balaban J connectivity index is 0.000000522. The molecule has 8 atom stereocenters. The summed E-state index contributed by atoms with van der Waals surface area (Å²) in [5, 5.41) is 9.47. The third kappa shape index (κ3) is 20.2. The Morgan fingerprint density at radius 3 is 1.17 bits per heavy atom. The van der Waals surface area contributed by atoms with Crippen molar-refractivity contribution in [2.75, 3.05) is 13.2 Å². The molecule has 0 amide bonds. The quantitative estimate of drug-likeness (QED) is 0.0580. The maximum absolute atomic E-state index is 13.0. The van der Waals surface area contributed by atoms with Gasteiger partial charge < -0.3 is 57.2 Å². The van der Waals surface area contributed by atoms with E-state index >= 15 is 0 Å². The fraction of sp³-hybridized carbons (Fsp3) is 0.536. The second-order valence-electron chi connectivity index (χ2n) is 17.4. The van der Waals surface area contributed by atoms with Crippen molar-refractivity contribution in [3.05, 3.63) is 95.6 Å². The lowest BCUT2D eigenvalue weighted by molar-refractivity contribution is -0.261. The van der Waals surface area contributed by atoms with Crippen LogP contribution in [0.4, 0.5) is 0 Å². The van der Waals surface area contributed by atoms with E-state index in [0.29, 0.717) is 38.5 Å². The first-order valence-corrected chi connectivity index (χ1v) is 25.5. The molecule has 5 rings (SSSR count). The Morgan fingerprint density at radius 1 is 0.461 bits per heavy atom. The predicted octanol–water partition coefficient (Wildman–Crippen LogP) is 9.05. The number of benzene rings is 3. The van der Waals surface area contributed by atoms with Crippen LogP contribution in [-0.2, 0) is 78.0 Å². The molecule has 0 spiro atoms. The molecule has 420 valence electrons. The average molecular weight is 1070 g/mol. The van der Waals surface area contributed by atoms with E-state index in [1.807, 2.05) is 58.0 Å². The van der Waals surface area contributed by atoms with E-state index in [0.717, 1.165) is 5.56 Å². The van der Waals surface area contributed by atoms with Crippen LogP contribution in [-0.4, -0.2) is 115 Å². The van der Waals surface area contributed by atoms with Crippen LogP contribution in [0.1, 0.15) is 154 Å². The number of carboxylic acids is 1. The summed E-state index contributed by atoms with van der Waals surface area (Å²) in [6.45, 7) is 10.6. The Kier molecular flexibility index (Phi) is 28.1. The van der Waals surface area contributed by atoms with Crippen molar-refractivity contribution in [3.8, 4) is 11.5 Å². The molecule has 0 saturated carbocycles. The lowest BCUT2D eigenvalue weighted by Gasteiger charge is -2.40. The molecule has 2 saturated heterocycles. The van der Waals surface area contributed by atoms with Crippen LogP contribution in [0.5, 0.6) is 11.5 Å². The molecule has 1 N–H and O–H groups in total. The molecular weight excluding hydrogens is 993 g/mol. The van der Waals surface area contributed by atoms with E-state index in [-0.39, 0.29) is 89.8 Å². The van der Waals surface area contributed by atoms with Gasteiger partial charge in [-0.25, -0.2) is 9.59 Å². The number of carbonyl (C=O) groups is 8. The normalized spacial score (nSPS) is 20.6. The molecule has 76 heavy (non-hydrogen) atoms. The maximum atomic E-state index is 13.0. The van der Waals surface area contributed by atoms with Gasteiger partial charge in [0.05, 0.1) is 13.2 Å². The summed E-state index contributed by atoms with van der Waals surface area (Å²) < 4.78 is 62.6. The Hall–Kier alpha value is -7.06. The summed E-state index contributed by atoms with van der Waals surface area (Å²) in [5.41, 5.74) is 0.820. The molecule has 2 fully saturated rings. The third-order valence-electron chi connectivity index (χ3n) is 11.1. The van der Waals surface area contributed by atoms with E-state index in [9.17, 15) is 43.5 Å². The standard InChI is InChI=1S/C31H38O10.C24H32O10.CH4.H2/c1-4-12-25(32)38-24-20-37-31(29(41-27(34)14-6-3)28(24)40-26(33)13-5-2)39-23-18-11-10-17-22(23)30(35)36-19-21-15-8-7-9-16-21;1-4-9-18(25)31-17-14-30-24(32-16-13-8-7-12-15(16)23(28)29)22(34-20(27)11-6-3)21(17)33-19(26)10-5-2;;/h7-11,15-18,24,28-29,31H,4-6,12-14,19-20H2,1-3H3;7-8,12-13,17,21-22,24H,4-6,9-11,14H2,1-3H3,(H,28,29);1H4;1H/t24-,28+,29-,31-;17-,21+,22-,24-;;/m11../s1/i;;;1+1. The number of aromatic carboxylic acids is 1. The molecule has 0 bridgehead atoms. The van der Waals surface area contributed by atoms with Gasteiger partial charge in [-0.2, -0.15) is 0 Å². The van der Waals surface area contributed by atoms with Crippen molar-refractivity contribution in [2.45, 2.75) is 182 Å². The summed E-state index contributed by atoms with van der Waals surface area (Å²) >= 11 is 0. The average Bonchev–Trinajstić information content (AvgIpc) is 3.37. The molecule has 2 aliphatic rings. The molecule has 0 aromatic heterocycles. The highest BCUT2D eigenvalue weighted by Crippen LogP contribution is 2.32. The number of hydrogen-bond donors (Lipinski definition) is 1. The molecule has 20 heteroatoms. The minimum Gasteiger partial charge on any atom is -0.478 e. The summed E-state index contributed by atoms with van der Waals surface area (Å²) in [6.07, 6.45) is -5.70. The first-order chi connectivity index (χ1) is 36.2. The SMILES string of the molecule is C.CCCC(=O)O[C@@H]1[C@@H](OC(=O)CCC)[C@@H](Oc2ccccc2C(=O)O)OC[C@H]1OC(=O)CCC.CCCC(=O)O[C@@H]1[C@@H](OC(=O)CCC)[C@@H](Oc2ccccc2C(=O)OCc2ccccc2)OC[C@H]1OC(=O)CCC.[2HH]. The summed E-state index contributed by atoms with van der Waals surface area (Å²) in [6, 6.07) is 21.6. The van der Waals surface area contributed by atoms with Gasteiger partial charge in [0.25, 0.3) is 0 Å². The Bertz CT molecular complexity index is 2330. The molecular formula is C56H76O20. The lowest BCUT2D eigenvalue weighted by atomic mass is 10.0. The number of carboxylic acid groups (broad SMARTS) is 1. The zero-order valence-corrected chi connectivity index (χ0v) is 43.4. The fourth-order valence-corrected chi connectivity index (χ4v) is 7.49. The van der Waals surface area contributed by atoms with Gasteiger partial charge in [0, 0.05) is 40.0 Å². The van der Waals surface area contributed by atoms with E-state index in [1.54, 1.807) is 38.1 Å². The maximum Gasteiger partial charge on any atom is 0.342 e. The molecule has 2 heterocycles. The molecule has 20 nitrogen and oxygen atoms in total. The molecule has 0 radical (unpaired) electrons. The van der Waals surface area contributed by atoms with Gasteiger partial charge in [-0.15, -0.1) is 0 Å². The van der Waals surface area contributed by atoms with Gasteiger partial charge in [-0.05, 0) is 68.4 Å². The van der Waals surface area contributed by atoms with Gasteiger partial charge in [0.2, 0.25) is 24.8 Å². The highest BCUT2D eigenvalue weighted by atomic mass is 16.7. The molecule has 2 aliphatic heterocycles. The number of ether oxygens (including phenoxy) is 11. The van der Waals surface area contributed by atoms with Crippen LogP contribution < -0.4 is 9.47 Å². The van der Waals surface area contributed by atoms with Gasteiger partial charge in [-0.1, -0.05) is 104 Å². The van der Waals surface area contributed by atoms with Crippen LogP contribution in [0.15, 0.2) is 78.9 Å². The lowest BCUT2D eigenvalue weighted by Crippen LogP contribution is -2.59. The minimum atomic E-state index is -1.30. The molecule has 3 aromatic carbocycles. The van der Waals surface area contributed by atoms with Crippen LogP contribution >= 0.6 is 0 Å². The van der Waals surface area contributed by atoms with E-state index in [1.165, 1.54) is 24.3 Å². The first-order valence-electron chi connectivity index (χ1n) is 25.5. The topological polar surface area (TPSA) is 258 Å². The largest absolute Gasteiger partial charge is 0.478 e. The minimum absolute atomic E-state index is 0. The zero-order chi connectivity index (χ0) is 54.7. The summed E-state index contributed by atoms with van der Waals surface area (Å²) in [4.78, 5) is 99.1. The van der Waals surface area contributed by atoms with Crippen molar-refractivity contribution < 1.29 is 97.0 Å². The molecule has 0 unspecified atom stereocenters. The van der Waals surface area contributed by atoms with Gasteiger partial charge >= 0.3 is 47.8 Å². The van der Waals surface area contributed by atoms with Crippen LogP contribution in [0, 0.1) is 0 Å². The Morgan fingerprint density at radius 2 is 0.789 bits per heavy atom. The van der Waals surface area contributed by atoms with Crippen LogP contribution in [0.2, 0.25) is 0 Å². The van der Waals surface area contributed by atoms with Crippen LogP contribution in [0.3, 0.4) is 0 Å². The van der Waals surface area contributed by atoms with Crippen molar-refractivity contribution >= 4 is 47.8 Å². The monoisotopic (exact) mass is 1070 g/mol. The second kappa shape index (κ2) is 33.8. The number of rotatable bonds is 26. The van der Waals surface area contributed by atoms with Crippen molar-refractivity contribution in [1.82, 2.24) is 0 Å². The van der Waals surface area contributed by atoms with Crippen molar-refractivity contribution in [3.63, 3.8) is 0 Å². The highest BCUT2D eigenvalue weighted by Gasteiger charge is 2.50. The van der Waals surface area contributed by atoms with E-state index < -0.39 is 97.0 Å². The van der Waals surface area contributed by atoms with Crippen molar-refractivity contribution in [1.29, 1.82) is 0 Å². The smallest absolute Gasteiger partial charge is 0.342 e. The fourth-order valence-electron chi connectivity index (χ4n) is 7.49. The summed E-state index contributed by atoms with van der Waals surface area (Å²) in [7, 11) is 0. The number of esters is 7. The summed E-state index contributed by atoms with van der Waals surface area (Å²) in [5.74, 6) is -5.02. The number of hydrogen-bond acceptors (Lipinski definition) is 19. The number of carbonyl (C=O) groups excluding carboxylic acids is 7. The number of para-hydroxylation sites is 2.